The maximum absolute atomic E-state index is 11.5. The van der Waals surface area contributed by atoms with E-state index in [1.807, 2.05) is 12.3 Å². The standard InChI is InChI=1S/C12H11IN2O2/c1-17-12(16)11-10(13)9-5-4-8(7-2-3-7)6-15(9)14-11/h4-7H,2-3H2,1H3. The Kier molecular flexibility index (Phi) is 2.57. The second kappa shape index (κ2) is 3.97. The second-order valence-corrected chi connectivity index (χ2v) is 5.30. The number of esters is 1. The Labute approximate surface area is 112 Å². The monoisotopic (exact) mass is 342 g/mol. The van der Waals surface area contributed by atoms with E-state index < -0.39 is 0 Å². The maximum Gasteiger partial charge on any atom is 0.359 e. The molecule has 4 nitrogen and oxygen atoms in total. The molecule has 0 saturated heterocycles. The predicted octanol–water partition coefficient (Wildman–Crippen LogP) is 2.60. The largest absolute Gasteiger partial charge is 0.464 e. The van der Waals surface area contributed by atoms with Gasteiger partial charge >= 0.3 is 5.97 Å². The first kappa shape index (κ1) is 11.0. The van der Waals surface area contributed by atoms with Gasteiger partial charge in [0.15, 0.2) is 5.69 Å². The van der Waals surface area contributed by atoms with Crippen molar-refractivity contribution in [1.29, 1.82) is 0 Å². The number of ether oxygens (including phenoxy) is 1. The summed E-state index contributed by atoms with van der Waals surface area (Å²) in [6, 6.07) is 4.15. The first-order valence-electron chi connectivity index (χ1n) is 5.47. The third-order valence-corrected chi connectivity index (χ3v) is 4.08. The van der Waals surface area contributed by atoms with Gasteiger partial charge in [-0.15, -0.1) is 0 Å². The van der Waals surface area contributed by atoms with Crippen LogP contribution in [0.15, 0.2) is 18.3 Å². The van der Waals surface area contributed by atoms with Gasteiger partial charge in [0, 0.05) is 6.20 Å². The zero-order valence-corrected chi connectivity index (χ0v) is 11.5. The van der Waals surface area contributed by atoms with E-state index in [4.69, 9.17) is 4.74 Å². The molecule has 5 heteroatoms. The van der Waals surface area contributed by atoms with Gasteiger partial charge < -0.3 is 4.74 Å². The molecule has 3 rings (SSSR count). The van der Waals surface area contributed by atoms with Crippen LogP contribution in [0.25, 0.3) is 5.52 Å². The lowest BCUT2D eigenvalue weighted by atomic mass is 10.2. The van der Waals surface area contributed by atoms with Gasteiger partial charge in [-0.1, -0.05) is 6.07 Å². The third kappa shape index (κ3) is 1.82. The number of rotatable bonds is 2. The first-order chi connectivity index (χ1) is 8.20. The smallest absolute Gasteiger partial charge is 0.359 e. The van der Waals surface area contributed by atoms with Crippen LogP contribution in [0.4, 0.5) is 0 Å². The molecular weight excluding hydrogens is 331 g/mol. The van der Waals surface area contributed by atoms with E-state index in [1.165, 1.54) is 25.5 Å². The lowest BCUT2D eigenvalue weighted by Gasteiger charge is -1.98. The van der Waals surface area contributed by atoms with Crippen LogP contribution in [0.5, 0.6) is 0 Å². The molecule has 17 heavy (non-hydrogen) atoms. The van der Waals surface area contributed by atoms with Gasteiger partial charge in [-0.25, -0.2) is 9.31 Å². The lowest BCUT2D eigenvalue weighted by Crippen LogP contribution is -2.03. The van der Waals surface area contributed by atoms with Gasteiger partial charge in [-0.3, -0.25) is 0 Å². The number of methoxy groups -OCH3 is 1. The fraction of sp³-hybridized carbons (Fsp3) is 0.333. The molecule has 0 atom stereocenters. The molecule has 1 saturated carbocycles. The van der Waals surface area contributed by atoms with E-state index in [-0.39, 0.29) is 5.97 Å². The highest BCUT2D eigenvalue weighted by molar-refractivity contribution is 14.1. The molecule has 0 aromatic carbocycles. The molecule has 0 amide bonds. The Morgan fingerprint density at radius 2 is 2.29 bits per heavy atom. The zero-order valence-electron chi connectivity index (χ0n) is 9.31. The van der Waals surface area contributed by atoms with E-state index in [9.17, 15) is 4.79 Å². The van der Waals surface area contributed by atoms with E-state index >= 15 is 0 Å². The molecule has 0 bridgehead atoms. The molecule has 2 aromatic heterocycles. The summed E-state index contributed by atoms with van der Waals surface area (Å²) in [5.41, 5.74) is 2.64. The number of nitrogens with zero attached hydrogens (tertiary/aromatic N) is 2. The minimum Gasteiger partial charge on any atom is -0.464 e. The van der Waals surface area contributed by atoms with Crippen molar-refractivity contribution in [2.24, 2.45) is 0 Å². The Hall–Kier alpha value is -1.11. The van der Waals surface area contributed by atoms with E-state index in [2.05, 4.69) is 33.8 Å². The number of halogens is 1. The van der Waals surface area contributed by atoms with E-state index in [0.29, 0.717) is 11.6 Å². The summed E-state index contributed by atoms with van der Waals surface area (Å²) in [5, 5.41) is 4.29. The van der Waals surface area contributed by atoms with Crippen molar-refractivity contribution >= 4 is 34.1 Å². The Morgan fingerprint density at radius 3 is 2.94 bits per heavy atom. The topological polar surface area (TPSA) is 43.6 Å². The van der Waals surface area contributed by atoms with Crippen molar-refractivity contribution in [2.45, 2.75) is 18.8 Å². The number of fused-ring (bicyclic) bond motifs is 1. The summed E-state index contributed by atoms with van der Waals surface area (Å²) in [6.07, 6.45) is 4.53. The van der Waals surface area contributed by atoms with Crippen molar-refractivity contribution in [3.63, 3.8) is 0 Å². The molecule has 88 valence electrons. The summed E-state index contributed by atoms with van der Waals surface area (Å²) < 4.78 is 7.34. The Morgan fingerprint density at radius 1 is 1.53 bits per heavy atom. The molecule has 2 aromatic rings. The van der Waals surface area contributed by atoms with Gasteiger partial charge in [0.25, 0.3) is 0 Å². The summed E-state index contributed by atoms with van der Waals surface area (Å²) in [6.45, 7) is 0. The molecule has 0 unspecified atom stereocenters. The second-order valence-electron chi connectivity index (χ2n) is 4.22. The minimum absolute atomic E-state index is 0.383. The highest BCUT2D eigenvalue weighted by atomic mass is 127. The number of hydrogen-bond acceptors (Lipinski definition) is 3. The van der Waals surface area contributed by atoms with Gasteiger partial charge in [0.2, 0.25) is 0 Å². The van der Waals surface area contributed by atoms with Crippen LogP contribution in [-0.2, 0) is 4.74 Å². The Bertz CT molecular complexity index is 602. The number of carbonyl (C=O) groups excluding carboxylic acids is 1. The molecule has 0 spiro atoms. The van der Waals surface area contributed by atoms with Crippen LogP contribution in [0.3, 0.4) is 0 Å². The lowest BCUT2D eigenvalue weighted by molar-refractivity contribution is 0.0592. The summed E-state index contributed by atoms with van der Waals surface area (Å²) in [4.78, 5) is 11.5. The number of carbonyl (C=O) groups is 1. The maximum atomic E-state index is 11.5. The highest BCUT2D eigenvalue weighted by Gasteiger charge is 2.25. The van der Waals surface area contributed by atoms with Crippen LogP contribution >= 0.6 is 22.6 Å². The van der Waals surface area contributed by atoms with Gasteiger partial charge in [-0.2, -0.15) is 5.10 Å². The predicted molar refractivity (Wildman–Crippen MR) is 71.2 cm³/mol. The van der Waals surface area contributed by atoms with Crippen molar-refractivity contribution < 1.29 is 9.53 Å². The molecule has 0 radical (unpaired) electrons. The van der Waals surface area contributed by atoms with Crippen molar-refractivity contribution in [3.05, 3.63) is 33.2 Å². The summed E-state index contributed by atoms with van der Waals surface area (Å²) >= 11 is 2.13. The Balaban J connectivity index is 2.14. The quantitative estimate of drug-likeness (QED) is 0.623. The average Bonchev–Trinajstić information content (AvgIpc) is 3.14. The first-order valence-corrected chi connectivity index (χ1v) is 6.54. The van der Waals surface area contributed by atoms with Crippen molar-refractivity contribution in [3.8, 4) is 0 Å². The SMILES string of the molecule is COC(=O)c1nn2cc(C3CC3)ccc2c1I. The normalized spacial score (nSPS) is 15.2. The van der Waals surface area contributed by atoms with E-state index in [0.717, 1.165) is 9.09 Å². The van der Waals surface area contributed by atoms with Gasteiger partial charge in [0.05, 0.1) is 16.2 Å². The molecule has 0 N–H and O–H groups in total. The molecule has 0 aliphatic heterocycles. The van der Waals surface area contributed by atoms with Gasteiger partial charge in [-0.05, 0) is 53.0 Å². The average molecular weight is 342 g/mol. The fourth-order valence-electron chi connectivity index (χ4n) is 1.92. The molecule has 1 aliphatic carbocycles. The third-order valence-electron chi connectivity index (χ3n) is 3.02. The van der Waals surface area contributed by atoms with Crippen LogP contribution in [-0.4, -0.2) is 22.7 Å². The fourth-order valence-corrected chi connectivity index (χ4v) is 2.67. The molecule has 2 heterocycles. The van der Waals surface area contributed by atoms with Crippen molar-refractivity contribution in [1.82, 2.24) is 9.61 Å². The van der Waals surface area contributed by atoms with Crippen LogP contribution in [0.1, 0.15) is 34.8 Å². The van der Waals surface area contributed by atoms with Crippen LogP contribution in [0, 0.1) is 3.57 Å². The molecule has 1 aliphatic rings. The number of aromatic nitrogens is 2. The number of pyridine rings is 1. The zero-order chi connectivity index (χ0) is 12.0. The summed E-state index contributed by atoms with van der Waals surface area (Å²) in [5.74, 6) is 0.300. The van der Waals surface area contributed by atoms with Crippen LogP contribution < -0.4 is 0 Å². The highest BCUT2D eigenvalue weighted by Crippen LogP contribution is 2.40. The minimum atomic E-state index is -0.383. The van der Waals surface area contributed by atoms with E-state index in [1.54, 1.807) is 4.52 Å². The van der Waals surface area contributed by atoms with Gasteiger partial charge in [0.1, 0.15) is 0 Å². The number of hydrogen-bond donors (Lipinski definition) is 0. The molecular formula is C12H11IN2O2. The summed E-state index contributed by atoms with van der Waals surface area (Å²) in [7, 11) is 1.37. The molecule has 1 fully saturated rings. The van der Waals surface area contributed by atoms with Crippen LogP contribution in [0.2, 0.25) is 0 Å². The van der Waals surface area contributed by atoms with Crippen molar-refractivity contribution in [2.75, 3.05) is 7.11 Å².